The number of nitrogens with one attached hydrogen (secondary N) is 2. The third-order valence-corrected chi connectivity index (χ3v) is 5.42. The number of ether oxygens (including phenoxy) is 2. The maximum Gasteiger partial charge on any atom is 0.341 e. The van der Waals surface area contributed by atoms with Crippen LogP contribution in [0.25, 0.3) is 0 Å². The average molecular weight is 397 g/mol. The Morgan fingerprint density at radius 2 is 1.93 bits per heavy atom. The topological polar surface area (TPSA) is 93.7 Å². The van der Waals surface area contributed by atoms with E-state index in [0.717, 1.165) is 12.0 Å². The Kier molecular flexibility index (Phi) is 6.51. The Balaban J connectivity index is 1.98. The van der Waals surface area contributed by atoms with Gasteiger partial charge in [-0.15, -0.1) is 11.3 Å². The van der Waals surface area contributed by atoms with Gasteiger partial charge in [-0.25, -0.2) is 9.59 Å². The van der Waals surface area contributed by atoms with Crippen molar-refractivity contribution in [3.8, 4) is 0 Å². The molecule has 1 fully saturated rings. The van der Waals surface area contributed by atoms with E-state index < -0.39 is 23.0 Å². The van der Waals surface area contributed by atoms with E-state index in [2.05, 4.69) is 10.6 Å². The molecule has 0 saturated heterocycles. The van der Waals surface area contributed by atoms with Crippen molar-refractivity contribution < 1.29 is 23.9 Å². The zero-order valence-corrected chi connectivity index (χ0v) is 17.4. The quantitative estimate of drug-likeness (QED) is 0.712. The van der Waals surface area contributed by atoms with E-state index in [1.54, 1.807) is 19.2 Å². The van der Waals surface area contributed by atoms with Gasteiger partial charge in [0.1, 0.15) is 10.6 Å². The van der Waals surface area contributed by atoms with Crippen LogP contribution in [-0.2, 0) is 14.3 Å². The zero-order chi connectivity index (χ0) is 20.2. The summed E-state index contributed by atoms with van der Waals surface area (Å²) in [5.74, 6) is -0.739. The highest BCUT2D eigenvalue weighted by Gasteiger charge is 2.47. The number of thiophene rings is 1. The molecule has 1 aliphatic carbocycles. The number of anilines is 1. The number of amides is 2. The molecule has 0 bridgehead atoms. The lowest BCUT2D eigenvalue weighted by Crippen LogP contribution is -2.50. The molecule has 2 N–H and O–H groups in total. The summed E-state index contributed by atoms with van der Waals surface area (Å²) >= 11 is 1.26. The van der Waals surface area contributed by atoms with Crippen LogP contribution in [0.1, 0.15) is 62.9 Å². The highest BCUT2D eigenvalue weighted by atomic mass is 32.1. The fraction of sp³-hybridized carbons (Fsp3) is 0.632. The Morgan fingerprint density at radius 1 is 1.26 bits per heavy atom. The minimum atomic E-state index is -0.667. The van der Waals surface area contributed by atoms with Crippen LogP contribution in [-0.4, -0.2) is 36.7 Å². The number of urea groups is 1. The number of aryl methyl sites for hydroxylation is 1. The van der Waals surface area contributed by atoms with Crippen LogP contribution in [0.3, 0.4) is 0 Å². The highest BCUT2D eigenvalue weighted by molar-refractivity contribution is 7.15. The summed E-state index contributed by atoms with van der Waals surface area (Å²) in [6, 6.07) is -0.461. The van der Waals surface area contributed by atoms with Crippen LogP contribution >= 0.6 is 11.3 Å². The number of esters is 2. The molecular weight excluding hydrogens is 368 g/mol. The Morgan fingerprint density at radius 3 is 2.44 bits per heavy atom. The molecule has 1 aliphatic rings. The molecule has 150 valence electrons. The fourth-order valence-corrected chi connectivity index (χ4v) is 3.76. The molecule has 0 atom stereocenters. The van der Waals surface area contributed by atoms with Gasteiger partial charge in [0.25, 0.3) is 0 Å². The standard InChI is InChI=1S/C19H28N2O5S/c1-6-25-15(22)13-12(2)10-27-14(13)21-17(24)20-11-19(8-7-9-19)16(23)26-18(3,4)5/h10H,6-9,11H2,1-5H3,(H2,20,21,24). The SMILES string of the molecule is CCOC(=O)c1c(C)csc1NC(=O)NCC1(C(=O)OC(C)(C)C)CCC1. The van der Waals surface area contributed by atoms with Crippen LogP contribution in [0.4, 0.5) is 9.80 Å². The Labute approximate surface area is 163 Å². The van der Waals surface area contributed by atoms with E-state index in [1.807, 2.05) is 20.8 Å². The lowest BCUT2D eigenvalue weighted by atomic mass is 9.68. The second-order valence-electron chi connectivity index (χ2n) is 7.79. The number of carbonyl (C=O) groups is 3. The van der Waals surface area contributed by atoms with Gasteiger partial charge in [0, 0.05) is 6.54 Å². The van der Waals surface area contributed by atoms with Crippen molar-refractivity contribution in [3.63, 3.8) is 0 Å². The van der Waals surface area contributed by atoms with Gasteiger partial charge in [-0.05, 0) is 58.4 Å². The largest absolute Gasteiger partial charge is 0.462 e. The molecule has 2 amide bonds. The first-order chi connectivity index (χ1) is 12.6. The number of rotatable bonds is 6. The number of hydrogen-bond acceptors (Lipinski definition) is 6. The average Bonchev–Trinajstić information content (AvgIpc) is 2.85. The van der Waals surface area contributed by atoms with Gasteiger partial charge in [-0.3, -0.25) is 10.1 Å². The molecule has 0 aliphatic heterocycles. The van der Waals surface area contributed by atoms with Crippen LogP contribution in [0, 0.1) is 12.3 Å². The Hall–Kier alpha value is -2.09. The van der Waals surface area contributed by atoms with Crippen molar-refractivity contribution in [2.24, 2.45) is 5.41 Å². The molecule has 1 aromatic rings. The number of carbonyl (C=O) groups excluding carboxylic acids is 3. The van der Waals surface area contributed by atoms with Crippen LogP contribution in [0.2, 0.25) is 0 Å². The second-order valence-corrected chi connectivity index (χ2v) is 8.67. The molecule has 0 unspecified atom stereocenters. The molecule has 1 aromatic heterocycles. The molecule has 1 saturated carbocycles. The molecule has 0 radical (unpaired) electrons. The second kappa shape index (κ2) is 8.29. The van der Waals surface area contributed by atoms with E-state index >= 15 is 0 Å². The van der Waals surface area contributed by atoms with Gasteiger partial charge >= 0.3 is 18.0 Å². The van der Waals surface area contributed by atoms with Gasteiger partial charge in [0.15, 0.2) is 0 Å². The summed E-state index contributed by atoms with van der Waals surface area (Å²) in [4.78, 5) is 36.9. The van der Waals surface area contributed by atoms with E-state index in [-0.39, 0.29) is 19.1 Å². The summed E-state index contributed by atoms with van der Waals surface area (Å²) in [5.41, 5.74) is -0.120. The van der Waals surface area contributed by atoms with Crippen molar-refractivity contribution in [1.82, 2.24) is 5.32 Å². The molecule has 0 spiro atoms. The molecule has 8 heteroatoms. The van der Waals surface area contributed by atoms with Gasteiger partial charge in [0.05, 0.1) is 17.6 Å². The van der Waals surface area contributed by atoms with Gasteiger partial charge in [0.2, 0.25) is 0 Å². The van der Waals surface area contributed by atoms with Crippen LogP contribution < -0.4 is 10.6 Å². The highest BCUT2D eigenvalue weighted by Crippen LogP contribution is 2.42. The Bertz CT molecular complexity index is 716. The molecule has 7 nitrogen and oxygen atoms in total. The summed E-state index contributed by atoms with van der Waals surface area (Å²) in [5, 5.41) is 7.67. The van der Waals surface area contributed by atoms with Gasteiger partial charge in [-0.2, -0.15) is 0 Å². The smallest absolute Gasteiger partial charge is 0.341 e. The molecule has 2 rings (SSSR count). The summed E-state index contributed by atoms with van der Waals surface area (Å²) in [7, 11) is 0. The van der Waals surface area contributed by atoms with Gasteiger partial charge < -0.3 is 14.8 Å². The zero-order valence-electron chi connectivity index (χ0n) is 16.6. The first-order valence-electron chi connectivity index (χ1n) is 9.11. The summed E-state index contributed by atoms with van der Waals surface area (Å²) < 4.78 is 10.5. The minimum absolute atomic E-state index is 0.201. The van der Waals surface area contributed by atoms with Crippen LogP contribution in [0.15, 0.2) is 5.38 Å². The first-order valence-corrected chi connectivity index (χ1v) is 9.99. The first kappa shape index (κ1) is 21.2. The predicted molar refractivity (Wildman–Crippen MR) is 104 cm³/mol. The van der Waals surface area contributed by atoms with Crippen molar-refractivity contribution in [3.05, 3.63) is 16.5 Å². The molecule has 1 heterocycles. The lowest BCUT2D eigenvalue weighted by molar-refractivity contribution is -0.172. The third-order valence-electron chi connectivity index (χ3n) is 4.41. The van der Waals surface area contributed by atoms with Gasteiger partial charge in [-0.1, -0.05) is 6.42 Å². The maximum atomic E-state index is 12.5. The molecular formula is C19H28N2O5S. The van der Waals surface area contributed by atoms with E-state index in [4.69, 9.17) is 9.47 Å². The molecule has 27 heavy (non-hydrogen) atoms. The monoisotopic (exact) mass is 396 g/mol. The summed E-state index contributed by atoms with van der Waals surface area (Å²) in [6.07, 6.45) is 2.31. The van der Waals surface area contributed by atoms with E-state index in [0.29, 0.717) is 23.4 Å². The van der Waals surface area contributed by atoms with E-state index in [1.165, 1.54) is 11.3 Å². The van der Waals surface area contributed by atoms with Crippen molar-refractivity contribution in [2.75, 3.05) is 18.5 Å². The summed E-state index contributed by atoms with van der Waals surface area (Å²) in [6.45, 7) is 9.46. The number of hydrogen-bond donors (Lipinski definition) is 2. The molecule has 0 aromatic carbocycles. The van der Waals surface area contributed by atoms with Crippen LogP contribution in [0.5, 0.6) is 0 Å². The van der Waals surface area contributed by atoms with Crippen molar-refractivity contribution in [1.29, 1.82) is 0 Å². The predicted octanol–water partition coefficient (Wildman–Crippen LogP) is 3.87. The van der Waals surface area contributed by atoms with Crippen molar-refractivity contribution >= 4 is 34.3 Å². The minimum Gasteiger partial charge on any atom is -0.462 e. The van der Waals surface area contributed by atoms with E-state index in [9.17, 15) is 14.4 Å². The maximum absolute atomic E-state index is 12.5. The fourth-order valence-electron chi connectivity index (χ4n) is 2.83. The van der Waals surface area contributed by atoms with Crippen molar-refractivity contribution in [2.45, 2.75) is 59.5 Å². The third kappa shape index (κ3) is 5.22. The lowest BCUT2D eigenvalue weighted by Gasteiger charge is -2.41. The normalized spacial score (nSPS) is 15.4.